The molecular weight excluding hydrogens is 263 g/mol. The molecule has 1 aromatic rings. The molecule has 0 unspecified atom stereocenters. The topological polar surface area (TPSA) is 64.7 Å². The van der Waals surface area contributed by atoms with Gasteiger partial charge in [-0.2, -0.15) is 10.5 Å². The summed E-state index contributed by atoms with van der Waals surface area (Å²) >= 11 is 2.91. The second-order valence-corrected chi connectivity index (χ2v) is 3.51. The molecule has 0 saturated carbocycles. The number of nitrogens with zero attached hydrogens (tertiary/aromatic N) is 2. The molecule has 1 aromatic carbocycles. The SMILES string of the molecule is N#CC(C#N)C(=O)c1cccc(Br)c1F. The molecule has 1 rings (SSSR count). The van der Waals surface area contributed by atoms with Gasteiger partial charge < -0.3 is 0 Å². The lowest BCUT2D eigenvalue weighted by Gasteiger charge is -2.03. The Morgan fingerprint density at radius 3 is 2.53 bits per heavy atom. The summed E-state index contributed by atoms with van der Waals surface area (Å²) in [6.45, 7) is 0. The van der Waals surface area contributed by atoms with E-state index < -0.39 is 17.5 Å². The third-order valence-corrected chi connectivity index (χ3v) is 2.35. The summed E-state index contributed by atoms with van der Waals surface area (Å²) in [5, 5.41) is 17.0. The molecule has 0 aliphatic carbocycles. The number of hydrogen-bond acceptors (Lipinski definition) is 3. The van der Waals surface area contributed by atoms with Gasteiger partial charge in [0.05, 0.1) is 22.2 Å². The van der Waals surface area contributed by atoms with Crippen molar-refractivity contribution in [2.45, 2.75) is 0 Å². The van der Waals surface area contributed by atoms with Gasteiger partial charge in [0, 0.05) is 0 Å². The molecule has 0 aromatic heterocycles. The predicted molar refractivity (Wildman–Crippen MR) is 53.1 cm³/mol. The molecule has 15 heavy (non-hydrogen) atoms. The Hall–Kier alpha value is -1.72. The molecule has 0 heterocycles. The van der Waals surface area contributed by atoms with Crippen molar-refractivity contribution in [3.8, 4) is 12.1 Å². The van der Waals surface area contributed by atoms with Gasteiger partial charge in [-0.05, 0) is 28.1 Å². The van der Waals surface area contributed by atoms with Crippen molar-refractivity contribution in [2.24, 2.45) is 5.92 Å². The molecule has 0 saturated heterocycles. The lowest BCUT2D eigenvalue weighted by Crippen LogP contribution is -2.12. The second-order valence-electron chi connectivity index (χ2n) is 2.66. The second kappa shape index (κ2) is 4.68. The molecule has 0 spiro atoms. The van der Waals surface area contributed by atoms with E-state index in [0.717, 1.165) is 0 Å². The predicted octanol–water partition coefficient (Wildman–Crippen LogP) is 2.43. The van der Waals surface area contributed by atoms with Crippen molar-refractivity contribution < 1.29 is 9.18 Å². The Balaban J connectivity index is 3.20. The number of hydrogen-bond donors (Lipinski definition) is 0. The summed E-state index contributed by atoms with van der Waals surface area (Å²) in [5.74, 6) is -3.04. The van der Waals surface area contributed by atoms with Crippen LogP contribution >= 0.6 is 15.9 Å². The fourth-order valence-electron chi connectivity index (χ4n) is 0.996. The van der Waals surface area contributed by atoms with Crippen LogP contribution in [-0.4, -0.2) is 5.78 Å². The number of carbonyl (C=O) groups excluding carboxylic acids is 1. The largest absolute Gasteiger partial charge is 0.291 e. The van der Waals surface area contributed by atoms with Crippen molar-refractivity contribution in [2.75, 3.05) is 0 Å². The van der Waals surface area contributed by atoms with Crippen molar-refractivity contribution in [1.29, 1.82) is 10.5 Å². The van der Waals surface area contributed by atoms with Crippen LogP contribution in [0.4, 0.5) is 4.39 Å². The zero-order chi connectivity index (χ0) is 11.4. The maximum Gasteiger partial charge on any atom is 0.197 e. The third-order valence-electron chi connectivity index (χ3n) is 1.74. The minimum Gasteiger partial charge on any atom is -0.291 e. The Morgan fingerprint density at radius 1 is 1.40 bits per heavy atom. The summed E-state index contributed by atoms with van der Waals surface area (Å²) in [5.41, 5.74) is -0.252. The first-order valence-electron chi connectivity index (χ1n) is 3.89. The van der Waals surface area contributed by atoms with E-state index in [-0.39, 0.29) is 10.0 Å². The highest BCUT2D eigenvalue weighted by atomic mass is 79.9. The first-order chi connectivity index (χ1) is 7.11. The molecule has 0 aliphatic rings. The number of halogens is 2. The summed E-state index contributed by atoms with van der Waals surface area (Å²) < 4.78 is 13.5. The molecule has 0 atom stereocenters. The van der Waals surface area contributed by atoms with Crippen molar-refractivity contribution >= 4 is 21.7 Å². The van der Waals surface area contributed by atoms with Gasteiger partial charge in [0.15, 0.2) is 11.7 Å². The molecule has 5 heteroatoms. The van der Waals surface area contributed by atoms with Gasteiger partial charge in [-0.3, -0.25) is 4.79 Å². The number of Topliss-reactive ketones (excluding diaryl/α,β-unsaturated/α-hetero) is 1. The van der Waals surface area contributed by atoms with Crippen LogP contribution in [0.15, 0.2) is 22.7 Å². The average molecular weight is 267 g/mol. The summed E-state index contributed by atoms with van der Waals surface area (Å²) in [4.78, 5) is 11.5. The average Bonchev–Trinajstić information content (AvgIpc) is 2.23. The van der Waals surface area contributed by atoms with Gasteiger partial charge in [0.1, 0.15) is 5.82 Å². The molecule has 74 valence electrons. The fraction of sp³-hybridized carbons (Fsp3) is 0.100. The quantitative estimate of drug-likeness (QED) is 0.773. The number of nitriles is 2. The van der Waals surface area contributed by atoms with Crippen LogP contribution in [0.2, 0.25) is 0 Å². The third kappa shape index (κ3) is 2.20. The van der Waals surface area contributed by atoms with E-state index in [1.54, 1.807) is 0 Å². The van der Waals surface area contributed by atoms with E-state index in [4.69, 9.17) is 10.5 Å². The monoisotopic (exact) mass is 266 g/mol. The van der Waals surface area contributed by atoms with E-state index in [2.05, 4.69) is 15.9 Å². The summed E-state index contributed by atoms with van der Waals surface area (Å²) in [6.07, 6.45) is 0. The summed E-state index contributed by atoms with van der Waals surface area (Å²) in [6, 6.07) is 7.14. The van der Waals surface area contributed by atoms with Crippen LogP contribution in [0.1, 0.15) is 10.4 Å². The van der Waals surface area contributed by atoms with Crippen LogP contribution in [0, 0.1) is 34.4 Å². The van der Waals surface area contributed by atoms with E-state index in [1.807, 2.05) is 0 Å². The maximum absolute atomic E-state index is 13.4. The van der Waals surface area contributed by atoms with Gasteiger partial charge in [-0.25, -0.2) is 4.39 Å². The normalized spacial score (nSPS) is 9.40. The van der Waals surface area contributed by atoms with Gasteiger partial charge in [-0.1, -0.05) is 6.07 Å². The maximum atomic E-state index is 13.4. The molecule has 0 N–H and O–H groups in total. The van der Waals surface area contributed by atoms with Crippen molar-refractivity contribution in [3.63, 3.8) is 0 Å². The minimum absolute atomic E-state index is 0.128. The van der Waals surface area contributed by atoms with Crippen LogP contribution in [0.3, 0.4) is 0 Å². The van der Waals surface area contributed by atoms with Crippen LogP contribution < -0.4 is 0 Å². The van der Waals surface area contributed by atoms with E-state index >= 15 is 0 Å². The van der Waals surface area contributed by atoms with E-state index in [1.165, 1.54) is 30.3 Å². The Kier molecular flexibility index (Phi) is 3.54. The first kappa shape index (κ1) is 11.4. The number of carbonyl (C=O) groups is 1. The smallest absolute Gasteiger partial charge is 0.197 e. The van der Waals surface area contributed by atoms with Gasteiger partial charge in [0.25, 0.3) is 0 Å². The molecule has 0 amide bonds. The lowest BCUT2D eigenvalue weighted by molar-refractivity contribution is 0.0967. The van der Waals surface area contributed by atoms with Crippen molar-refractivity contribution in [1.82, 2.24) is 0 Å². The molecule has 0 aliphatic heterocycles. The zero-order valence-electron chi connectivity index (χ0n) is 7.37. The Bertz CT molecular complexity index is 473. The van der Waals surface area contributed by atoms with E-state index in [0.29, 0.717) is 0 Å². The highest BCUT2D eigenvalue weighted by Gasteiger charge is 2.22. The minimum atomic E-state index is -1.46. The lowest BCUT2D eigenvalue weighted by atomic mass is 10.00. The highest BCUT2D eigenvalue weighted by molar-refractivity contribution is 9.10. The van der Waals surface area contributed by atoms with E-state index in [9.17, 15) is 9.18 Å². The number of rotatable bonds is 2. The zero-order valence-corrected chi connectivity index (χ0v) is 8.95. The molecule has 3 nitrogen and oxygen atoms in total. The van der Waals surface area contributed by atoms with Gasteiger partial charge >= 0.3 is 0 Å². The van der Waals surface area contributed by atoms with Crippen LogP contribution in [0.5, 0.6) is 0 Å². The fourth-order valence-corrected chi connectivity index (χ4v) is 1.36. The Labute approximate surface area is 93.9 Å². The van der Waals surface area contributed by atoms with Gasteiger partial charge in [0.2, 0.25) is 0 Å². The summed E-state index contributed by atoms with van der Waals surface area (Å²) in [7, 11) is 0. The van der Waals surface area contributed by atoms with Crippen molar-refractivity contribution in [3.05, 3.63) is 34.1 Å². The Morgan fingerprint density at radius 2 is 2.00 bits per heavy atom. The molecule has 0 radical (unpaired) electrons. The molecule has 0 fully saturated rings. The standard InChI is InChI=1S/C10H4BrFN2O/c11-8-3-1-2-7(9(8)12)10(15)6(4-13)5-14/h1-3,6H. The molecular formula is C10H4BrFN2O. The molecule has 0 bridgehead atoms. The first-order valence-corrected chi connectivity index (χ1v) is 4.68. The number of ketones is 1. The van der Waals surface area contributed by atoms with Gasteiger partial charge in [-0.15, -0.1) is 0 Å². The van der Waals surface area contributed by atoms with Crippen LogP contribution in [-0.2, 0) is 0 Å². The highest BCUT2D eigenvalue weighted by Crippen LogP contribution is 2.20. The number of benzene rings is 1. The van der Waals surface area contributed by atoms with Crippen LogP contribution in [0.25, 0.3) is 0 Å².